The average molecular weight is 236 g/mol. The van der Waals surface area contributed by atoms with E-state index < -0.39 is 29.8 Å². The highest BCUT2D eigenvalue weighted by molar-refractivity contribution is 6.16. The second kappa shape index (κ2) is 5.48. The fourth-order valence-electron chi connectivity index (χ4n) is 1.85. The first-order valence-corrected chi connectivity index (χ1v) is 5.70. The predicted octanol–water partition coefficient (Wildman–Crippen LogP) is 0.893. The van der Waals surface area contributed by atoms with Crippen LogP contribution in [-0.4, -0.2) is 28.8 Å². The van der Waals surface area contributed by atoms with E-state index in [0.717, 1.165) is 11.3 Å². The molecule has 2 atom stereocenters. The minimum absolute atomic E-state index is 0.359. The summed E-state index contributed by atoms with van der Waals surface area (Å²) in [5, 5.41) is 2.17. The maximum absolute atomic E-state index is 12.0. The summed E-state index contributed by atoms with van der Waals surface area (Å²) in [4.78, 5) is 36.1. The van der Waals surface area contributed by atoms with Crippen molar-refractivity contribution in [3.63, 3.8) is 0 Å². The highest BCUT2D eigenvalue weighted by Gasteiger charge is 2.41. The summed E-state index contributed by atoms with van der Waals surface area (Å²) in [7, 11) is 0. The lowest BCUT2D eigenvalue weighted by atomic mass is 9.99. The van der Waals surface area contributed by atoms with Gasteiger partial charge in [-0.25, -0.2) is 9.69 Å². The van der Waals surface area contributed by atoms with Crippen LogP contribution >= 0.6 is 0 Å². The van der Waals surface area contributed by atoms with Crippen molar-refractivity contribution in [3.8, 4) is 12.3 Å². The Bertz CT molecular complexity index is 384. The number of rotatable bonds is 4. The molecule has 0 aromatic heterocycles. The predicted molar refractivity (Wildman–Crippen MR) is 61.7 cm³/mol. The third-order valence-corrected chi connectivity index (χ3v) is 2.78. The standard InChI is InChI=1S/C12H16N2O3/c1-4-7-8(5-2)14-11(16)9(6-3)10(15)13-12(14)17/h2,8-9H,4,6-7H2,1,3H3,(H,13,15,17). The van der Waals surface area contributed by atoms with Gasteiger partial charge in [0.2, 0.25) is 11.8 Å². The highest BCUT2D eigenvalue weighted by atomic mass is 16.2. The smallest absolute Gasteiger partial charge is 0.277 e. The lowest BCUT2D eigenvalue weighted by Crippen LogP contribution is -2.60. The van der Waals surface area contributed by atoms with Crippen LogP contribution in [0.25, 0.3) is 0 Å². The van der Waals surface area contributed by atoms with Gasteiger partial charge in [-0.1, -0.05) is 26.2 Å². The van der Waals surface area contributed by atoms with Gasteiger partial charge in [-0.05, 0) is 12.8 Å². The molecule has 1 heterocycles. The molecule has 0 bridgehead atoms. The Morgan fingerprint density at radius 1 is 1.41 bits per heavy atom. The van der Waals surface area contributed by atoms with E-state index in [1.165, 1.54) is 0 Å². The minimum atomic E-state index is -0.805. The number of nitrogens with zero attached hydrogens (tertiary/aromatic N) is 1. The first kappa shape index (κ1) is 13.2. The Morgan fingerprint density at radius 3 is 2.53 bits per heavy atom. The first-order chi connectivity index (χ1) is 8.06. The molecule has 0 aliphatic carbocycles. The van der Waals surface area contributed by atoms with Gasteiger partial charge >= 0.3 is 6.03 Å². The Balaban J connectivity index is 2.97. The number of barbiturate groups is 1. The van der Waals surface area contributed by atoms with E-state index in [-0.39, 0.29) is 0 Å². The van der Waals surface area contributed by atoms with Crippen molar-refractivity contribution < 1.29 is 14.4 Å². The highest BCUT2D eigenvalue weighted by Crippen LogP contribution is 2.18. The SMILES string of the molecule is C#CC(CCC)N1C(=O)NC(=O)C(CC)C1=O. The van der Waals surface area contributed by atoms with E-state index in [2.05, 4.69) is 11.2 Å². The molecular formula is C12H16N2O3. The molecule has 1 N–H and O–H groups in total. The number of hydrogen-bond donors (Lipinski definition) is 1. The summed E-state index contributed by atoms with van der Waals surface area (Å²) in [5.74, 6) is 0.596. The maximum atomic E-state index is 12.0. The molecule has 1 saturated heterocycles. The van der Waals surface area contributed by atoms with Crippen molar-refractivity contribution in [2.24, 2.45) is 5.92 Å². The molecule has 17 heavy (non-hydrogen) atoms. The molecule has 5 heteroatoms. The van der Waals surface area contributed by atoms with Gasteiger partial charge in [0.1, 0.15) is 12.0 Å². The third kappa shape index (κ3) is 2.47. The molecular weight excluding hydrogens is 220 g/mol. The van der Waals surface area contributed by atoms with Gasteiger partial charge in [-0.3, -0.25) is 14.9 Å². The fourth-order valence-corrected chi connectivity index (χ4v) is 1.85. The average Bonchev–Trinajstić information content (AvgIpc) is 2.27. The Hall–Kier alpha value is -1.83. The molecule has 1 aliphatic rings. The van der Waals surface area contributed by atoms with Crippen molar-refractivity contribution >= 4 is 17.8 Å². The van der Waals surface area contributed by atoms with E-state index in [1.807, 2.05) is 6.92 Å². The van der Waals surface area contributed by atoms with Crippen molar-refractivity contribution in [1.82, 2.24) is 10.2 Å². The van der Waals surface area contributed by atoms with Crippen LogP contribution in [0.2, 0.25) is 0 Å². The molecule has 0 radical (unpaired) electrons. The molecule has 0 aromatic rings. The number of carbonyl (C=O) groups excluding carboxylic acids is 3. The van der Waals surface area contributed by atoms with Gasteiger partial charge in [-0.2, -0.15) is 0 Å². The molecule has 1 rings (SSSR count). The molecule has 5 nitrogen and oxygen atoms in total. The van der Waals surface area contributed by atoms with Crippen LogP contribution in [0.3, 0.4) is 0 Å². The van der Waals surface area contributed by atoms with E-state index >= 15 is 0 Å². The van der Waals surface area contributed by atoms with Crippen LogP contribution in [-0.2, 0) is 9.59 Å². The van der Waals surface area contributed by atoms with E-state index in [4.69, 9.17) is 6.42 Å². The lowest BCUT2D eigenvalue weighted by molar-refractivity contribution is -0.143. The molecule has 0 saturated carbocycles. The van der Waals surface area contributed by atoms with Crippen LogP contribution in [0.5, 0.6) is 0 Å². The second-order valence-electron chi connectivity index (χ2n) is 3.93. The zero-order chi connectivity index (χ0) is 13.0. The topological polar surface area (TPSA) is 66.5 Å². The van der Waals surface area contributed by atoms with Gasteiger partial charge in [0.05, 0.1) is 0 Å². The number of nitrogens with one attached hydrogen (secondary N) is 1. The van der Waals surface area contributed by atoms with E-state index in [9.17, 15) is 14.4 Å². The quantitative estimate of drug-likeness (QED) is 0.582. The van der Waals surface area contributed by atoms with Crippen LogP contribution in [0.15, 0.2) is 0 Å². The van der Waals surface area contributed by atoms with E-state index in [0.29, 0.717) is 12.8 Å². The third-order valence-electron chi connectivity index (χ3n) is 2.78. The maximum Gasteiger partial charge on any atom is 0.331 e. The molecule has 4 amide bonds. The number of carbonyl (C=O) groups is 3. The second-order valence-corrected chi connectivity index (χ2v) is 3.93. The van der Waals surface area contributed by atoms with Crippen molar-refractivity contribution in [1.29, 1.82) is 0 Å². The summed E-state index contributed by atoms with van der Waals surface area (Å²) < 4.78 is 0. The van der Waals surface area contributed by atoms with Crippen LogP contribution in [0.4, 0.5) is 4.79 Å². The Kier molecular flexibility index (Phi) is 4.27. The minimum Gasteiger partial charge on any atom is -0.277 e. The number of amides is 4. The summed E-state index contributed by atoms with van der Waals surface area (Å²) in [6.45, 7) is 3.64. The van der Waals surface area contributed by atoms with Crippen LogP contribution in [0.1, 0.15) is 33.1 Å². The van der Waals surface area contributed by atoms with Crippen molar-refractivity contribution in [2.75, 3.05) is 0 Å². The van der Waals surface area contributed by atoms with Crippen LogP contribution < -0.4 is 5.32 Å². The summed E-state index contributed by atoms with van der Waals surface area (Å²) in [6.07, 6.45) is 6.99. The monoisotopic (exact) mass is 236 g/mol. The molecule has 1 aliphatic heterocycles. The fraction of sp³-hybridized carbons (Fsp3) is 0.583. The molecule has 0 aromatic carbocycles. The van der Waals surface area contributed by atoms with Gasteiger partial charge in [0, 0.05) is 0 Å². The summed E-state index contributed by atoms with van der Waals surface area (Å²) in [5.41, 5.74) is 0. The van der Waals surface area contributed by atoms with Gasteiger partial charge in [0.25, 0.3) is 0 Å². The molecule has 0 spiro atoms. The van der Waals surface area contributed by atoms with Crippen molar-refractivity contribution in [3.05, 3.63) is 0 Å². The Morgan fingerprint density at radius 2 is 2.06 bits per heavy atom. The first-order valence-electron chi connectivity index (χ1n) is 5.70. The zero-order valence-corrected chi connectivity index (χ0v) is 10.0. The summed E-state index contributed by atoms with van der Waals surface area (Å²) >= 11 is 0. The largest absolute Gasteiger partial charge is 0.331 e. The number of hydrogen-bond acceptors (Lipinski definition) is 3. The Labute approximate surface area is 101 Å². The van der Waals surface area contributed by atoms with Crippen LogP contribution in [0, 0.1) is 18.3 Å². The number of imide groups is 2. The summed E-state index contributed by atoms with van der Waals surface area (Å²) in [6, 6.07) is -1.28. The van der Waals surface area contributed by atoms with Gasteiger partial charge < -0.3 is 0 Å². The number of terminal acetylenes is 1. The zero-order valence-electron chi connectivity index (χ0n) is 10.0. The molecule has 2 unspecified atom stereocenters. The molecule has 92 valence electrons. The lowest BCUT2D eigenvalue weighted by Gasteiger charge is -2.33. The van der Waals surface area contributed by atoms with Gasteiger partial charge in [0.15, 0.2) is 0 Å². The van der Waals surface area contributed by atoms with Crippen molar-refractivity contribution in [2.45, 2.75) is 39.2 Å². The molecule has 1 fully saturated rings. The van der Waals surface area contributed by atoms with E-state index in [1.54, 1.807) is 6.92 Å². The normalized spacial score (nSPS) is 22.1. The number of urea groups is 1. The van der Waals surface area contributed by atoms with Gasteiger partial charge in [-0.15, -0.1) is 6.42 Å².